The average molecular weight is 388 g/mol. The number of nitrogens with two attached hydrogens (primary N) is 2. The normalized spacial score (nSPS) is 11.8. The molecule has 2 aromatic carbocycles. The standard InChI is InChI=1S/C14H14N2.H4O7P2/c15-13-7-3-11(4-8-13)1-2-12-5-9-14(16)10-6-12;1-8(2,3)7-9(4,5)6/h1-10H,15-16H2;(H2,1,2,3)(H2,4,5,6). The van der Waals surface area contributed by atoms with Crippen LogP contribution in [0.1, 0.15) is 11.1 Å². The highest BCUT2D eigenvalue weighted by atomic mass is 31.3. The Morgan fingerprint density at radius 2 is 0.960 bits per heavy atom. The molecule has 0 radical (unpaired) electrons. The number of nitrogen functional groups attached to an aromatic ring is 2. The third-order valence-corrected chi connectivity index (χ3v) is 4.26. The lowest BCUT2D eigenvalue weighted by Gasteiger charge is -2.03. The van der Waals surface area contributed by atoms with Crippen LogP contribution in [0.3, 0.4) is 0 Å². The smallest absolute Gasteiger partial charge is 0.399 e. The van der Waals surface area contributed by atoms with Gasteiger partial charge in [0.1, 0.15) is 0 Å². The SMILES string of the molecule is Nc1ccc(C=Cc2ccc(N)cc2)cc1.O=P(O)(O)OP(=O)(O)O. The van der Waals surface area contributed by atoms with Crippen molar-refractivity contribution in [2.45, 2.75) is 0 Å². The van der Waals surface area contributed by atoms with E-state index in [0.29, 0.717) is 0 Å². The van der Waals surface area contributed by atoms with E-state index in [1.807, 2.05) is 60.7 Å². The highest BCUT2D eigenvalue weighted by Gasteiger charge is 2.27. The molecule has 0 aliphatic carbocycles. The summed E-state index contributed by atoms with van der Waals surface area (Å²) in [4.78, 5) is 31.0. The summed E-state index contributed by atoms with van der Waals surface area (Å²) >= 11 is 0. The molecule has 25 heavy (non-hydrogen) atoms. The molecular weight excluding hydrogens is 370 g/mol. The molecule has 0 heterocycles. The van der Waals surface area contributed by atoms with E-state index in [2.05, 4.69) is 4.31 Å². The summed E-state index contributed by atoms with van der Waals surface area (Å²) in [6.45, 7) is 0. The Hall–Kier alpha value is -1.96. The Kier molecular flexibility index (Phi) is 7.54. The largest absolute Gasteiger partial charge is 0.478 e. The molecule has 0 aliphatic rings. The van der Waals surface area contributed by atoms with Crippen LogP contribution in [0.4, 0.5) is 11.4 Å². The molecule has 0 aromatic heterocycles. The minimum absolute atomic E-state index is 0.782. The molecular formula is C14H18N2O7P2. The molecule has 0 amide bonds. The molecule has 0 fully saturated rings. The van der Waals surface area contributed by atoms with Crippen molar-refractivity contribution in [1.82, 2.24) is 0 Å². The molecule has 11 heteroatoms. The molecule has 2 rings (SSSR count). The van der Waals surface area contributed by atoms with E-state index >= 15 is 0 Å². The number of benzene rings is 2. The molecule has 0 unspecified atom stereocenters. The Morgan fingerprint density at radius 3 is 1.16 bits per heavy atom. The minimum atomic E-state index is -5.05. The summed E-state index contributed by atoms with van der Waals surface area (Å²) < 4.78 is 22.2. The van der Waals surface area contributed by atoms with Gasteiger partial charge in [-0.15, -0.1) is 0 Å². The predicted molar refractivity (Wildman–Crippen MR) is 95.8 cm³/mol. The Bertz CT molecular complexity index is 727. The molecule has 8 N–H and O–H groups in total. The van der Waals surface area contributed by atoms with Crippen LogP contribution in [0, 0.1) is 0 Å². The first-order valence-corrected chi connectivity index (χ1v) is 9.72. The highest BCUT2D eigenvalue weighted by Crippen LogP contribution is 2.53. The molecule has 0 spiro atoms. The van der Waals surface area contributed by atoms with E-state index in [1.54, 1.807) is 0 Å². The van der Waals surface area contributed by atoms with Crippen molar-refractivity contribution >= 4 is 39.2 Å². The predicted octanol–water partition coefficient (Wildman–Crippen LogP) is 2.21. The van der Waals surface area contributed by atoms with E-state index in [9.17, 15) is 9.13 Å². The van der Waals surface area contributed by atoms with Crippen molar-refractivity contribution in [3.8, 4) is 0 Å². The zero-order chi connectivity index (χ0) is 19.1. The summed E-state index contributed by atoms with van der Waals surface area (Å²) in [5.74, 6) is 0. The minimum Gasteiger partial charge on any atom is -0.399 e. The van der Waals surface area contributed by atoms with Crippen molar-refractivity contribution in [3.63, 3.8) is 0 Å². The lowest BCUT2D eigenvalue weighted by Crippen LogP contribution is -1.84. The number of phosphoric acid groups is 2. The molecule has 0 saturated heterocycles. The van der Waals surface area contributed by atoms with Gasteiger partial charge < -0.3 is 31.0 Å². The van der Waals surface area contributed by atoms with Crippen LogP contribution < -0.4 is 11.5 Å². The van der Waals surface area contributed by atoms with Crippen LogP contribution in [0.25, 0.3) is 12.2 Å². The summed E-state index contributed by atoms with van der Waals surface area (Å²) in [6.07, 6.45) is 4.09. The second-order valence-corrected chi connectivity index (χ2v) is 7.34. The number of hydrogen-bond donors (Lipinski definition) is 6. The van der Waals surface area contributed by atoms with Gasteiger partial charge in [-0.05, 0) is 35.4 Å². The van der Waals surface area contributed by atoms with Crippen LogP contribution in [-0.4, -0.2) is 19.6 Å². The first kappa shape index (κ1) is 21.1. The lowest BCUT2D eigenvalue weighted by atomic mass is 10.1. The average Bonchev–Trinajstić information content (AvgIpc) is 2.45. The Labute approximate surface area is 144 Å². The first-order chi connectivity index (χ1) is 11.4. The van der Waals surface area contributed by atoms with Gasteiger partial charge in [-0.3, -0.25) is 0 Å². The Morgan fingerprint density at radius 1 is 0.680 bits per heavy atom. The fourth-order valence-corrected chi connectivity index (χ4v) is 2.65. The van der Waals surface area contributed by atoms with Gasteiger partial charge in [0.25, 0.3) is 0 Å². The van der Waals surface area contributed by atoms with E-state index in [1.165, 1.54) is 0 Å². The van der Waals surface area contributed by atoms with E-state index in [-0.39, 0.29) is 0 Å². The maximum atomic E-state index is 9.63. The molecule has 136 valence electrons. The van der Waals surface area contributed by atoms with Gasteiger partial charge in [-0.25, -0.2) is 9.13 Å². The second kappa shape index (κ2) is 8.94. The van der Waals surface area contributed by atoms with Crippen LogP contribution in [-0.2, 0) is 13.4 Å². The quantitative estimate of drug-likeness (QED) is 0.260. The van der Waals surface area contributed by atoms with Crippen LogP contribution in [0.15, 0.2) is 48.5 Å². The summed E-state index contributed by atoms with van der Waals surface area (Å²) in [5.41, 5.74) is 15.1. The molecule has 0 bridgehead atoms. The first-order valence-electron chi connectivity index (χ1n) is 6.66. The van der Waals surface area contributed by atoms with Crippen molar-refractivity contribution in [2.24, 2.45) is 0 Å². The Balaban J connectivity index is 0.000000299. The van der Waals surface area contributed by atoms with Gasteiger partial charge in [-0.1, -0.05) is 36.4 Å². The maximum Gasteiger partial charge on any atom is 0.478 e. The lowest BCUT2D eigenvalue weighted by molar-refractivity contribution is 0.225. The zero-order valence-corrected chi connectivity index (χ0v) is 14.6. The number of anilines is 2. The molecule has 2 aromatic rings. The fraction of sp³-hybridized carbons (Fsp3) is 0. The topological polar surface area (TPSA) is 176 Å². The monoisotopic (exact) mass is 388 g/mol. The third-order valence-electron chi connectivity index (χ3n) is 2.55. The van der Waals surface area contributed by atoms with Crippen molar-refractivity contribution in [2.75, 3.05) is 11.5 Å². The van der Waals surface area contributed by atoms with Crippen molar-refractivity contribution < 1.29 is 33.0 Å². The van der Waals surface area contributed by atoms with Gasteiger partial charge >= 0.3 is 15.6 Å². The fourth-order valence-electron chi connectivity index (χ4n) is 1.55. The summed E-state index contributed by atoms with van der Waals surface area (Å²) in [6, 6.07) is 15.5. The van der Waals surface area contributed by atoms with Gasteiger partial charge in [0.15, 0.2) is 0 Å². The van der Waals surface area contributed by atoms with Gasteiger partial charge in [0, 0.05) is 11.4 Å². The van der Waals surface area contributed by atoms with E-state index < -0.39 is 15.6 Å². The van der Waals surface area contributed by atoms with E-state index in [4.69, 9.17) is 31.0 Å². The second-order valence-electron chi connectivity index (χ2n) is 4.73. The van der Waals surface area contributed by atoms with Gasteiger partial charge in [0.05, 0.1) is 0 Å². The zero-order valence-electron chi connectivity index (χ0n) is 12.8. The van der Waals surface area contributed by atoms with Gasteiger partial charge in [0.2, 0.25) is 0 Å². The third kappa shape index (κ3) is 10.5. The van der Waals surface area contributed by atoms with Gasteiger partial charge in [-0.2, -0.15) is 4.31 Å². The maximum absolute atomic E-state index is 9.63. The van der Waals surface area contributed by atoms with Crippen molar-refractivity contribution in [1.29, 1.82) is 0 Å². The highest BCUT2D eigenvalue weighted by molar-refractivity contribution is 7.60. The van der Waals surface area contributed by atoms with Crippen LogP contribution in [0.5, 0.6) is 0 Å². The summed E-state index contributed by atoms with van der Waals surface area (Å²) in [5, 5.41) is 0. The number of rotatable bonds is 4. The van der Waals surface area contributed by atoms with Crippen LogP contribution >= 0.6 is 15.6 Å². The molecule has 0 atom stereocenters. The summed E-state index contributed by atoms with van der Waals surface area (Å²) in [7, 11) is -10.1. The molecule has 0 saturated carbocycles. The number of hydrogen-bond acceptors (Lipinski definition) is 5. The molecule has 0 aliphatic heterocycles. The molecule has 9 nitrogen and oxygen atoms in total. The van der Waals surface area contributed by atoms with E-state index in [0.717, 1.165) is 22.5 Å². The van der Waals surface area contributed by atoms with Crippen molar-refractivity contribution in [3.05, 3.63) is 59.7 Å². The van der Waals surface area contributed by atoms with Crippen LogP contribution in [0.2, 0.25) is 0 Å².